The molecule has 0 aliphatic carbocycles. The molecule has 0 heterocycles. The second kappa shape index (κ2) is 9.47. The third-order valence-corrected chi connectivity index (χ3v) is 3.17. The van der Waals surface area contributed by atoms with Gasteiger partial charge in [-0.15, -0.1) is 0 Å². The molecule has 116 valence electrons. The van der Waals surface area contributed by atoms with Crippen molar-refractivity contribution < 1.29 is 4.74 Å². The molecule has 5 heteroatoms. The summed E-state index contributed by atoms with van der Waals surface area (Å²) >= 11 is 5.12. The Morgan fingerprint density at radius 1 is 1.29 bits per heavy atom. The molecule has 0 unspecified atom stereocenters. The number of rotatable bonds is 7. The third-order valence-electron chi connectivity index (χ3n) is 2.93. The van der Waals surface area contributed by atoms with Crippen molar-refractivity contribution in [1.29, 1.82) is 0 Å². The van der Waals surface area contributed by atoms with Gasteiger partial charge in [0.2, 0.25) is 0 Å². The first-order valence-electron chi connectivity index (χ1n) is 7.19. The van der Waals surface area contributed by atoms with Crippen LogP contribution in [0.15, 0.2) is 29.4 Å². The summed E-state index contributed by atoms with van der Waals surface area (Å²) in [5.74, 6) is 0.669. The van der Waals surface area contributed by atoms with E-state index < -0.39 is 0 Å². The van der Waals surface area contributed by atoms with Crippen LogP contribution in [0.25, 0.3) is 0 Å². The van der Waals surface area contributed by atoms with Gasteiger partial charge in [-0.2, -0.15) is 5.10 Å². The molecule has 0 aliphatic heterocycles. The van der Waals surface area contributed by atoms with Crippen LogP contribution in [0, 0.1) is 5.92 Å². The van der Waals surface area contributed by atoms with Gasteiger partial charge in [0, 0.05) is 13.7 Å². The molecule has 1 aromatic rings. The smallest absolute Gasteiger partial charge is 0.187 e. The highest BCUT2D eigenvalue weighted by Gasteiger charge is 2.01. The molecular formula is C16H25N3OS. The lowest BCUT2D eigenvalue weighted by Crippen LogP contribution is -2.34. The molecule has 0 spiro atoms. The first-order valence-corrected chi connectivity index (χ1v) is 7.60. The van der Waals surface area contributed by atoms with Crippen LogP contribution in [0.4, 0.5) is 0 Å². The van der Waals surface area contributed by atoms with E-state index in [2.05, 4.69) is 54.0 Å². The maximum absolute atomic E-state index is 5.12. The van der Waals surface area contributed by atoms with Crippen LogP contribution in [-0.2, 0) is 11.2 Å². The van der Waals surface area contributed by atoms with Gasteiger partial charge in [0.05, 0.1) is 12.3 Å². The SMILES string of the molecule is COCCNC(=S)N/N=C(/C)c1ccc(CC(C)C)cc1. The van der Waals surface area contributed by atoms with Gasteiger partial charge >= 0.3 is 0 Å². The zero-order valence-electron chi connectivity index (χ0n) is 13.3. The fourth-order valence-electron chi connectivity index (χ4n) is 1.86. The van der Waals surface area contributed by atoms with Crippen molar-refractivity contribution in [2.75, 3.05) is 20.3 Å². The van der Waals surface area contributed by atoms with Crippen molar-refractivity contribution in [3.05, 3.63) is 35.4 Å². The maximum atomic E-state index is 5.12. The van der Waals surface area contributed by atoms with E-state index in [4.69, 9.17) is 17.0 Å². The second-order valence-electron chi connectivity index (χ2n) is 5.35. The lowest BCUT2D eigenvalue weighted by molar-refractivity contribution is 0.204. The maximum Gasteiger partial charge on any atom is 0.187 e. The molecular weight excluding hydrogens is 282 g/mol. The molecule has 0 saturated heterocycles. The van der Waals surface area contributed by atoms with Crippen LogP contribution in [0.5, 0.6) is 0 Å². The van der Waals surface area contributed by atoms with Crippen LogP contribution in [-0.4, -0.2) is 31.1 Å². The summed E-state index contributed by atoms with van der Waals surface area (Å²) in [5, 5.41) is 7.80. The normalized spacial score (nSPS) is 11.6. The van der Waals surface area contributed by atoms with E-state index in [1.54, 1.807) is 7.11 Å². The molecule has 0 radical (unpaired) electrons. The summed E-state index contributed by atoms with van der Waals surface area (Å²) in [5.41, 5.74) is 6.19. The molecule has 2 N–H and O–H groups in total. The Balaban J connectivity index is 2.51. The molecule has 0 aliphatic rings. The van der Waals surface area contributed by atoms with Gasteiger partial charge in [0.1, 0.15) is 0 Å². The Hall–Kier alpha value is -1.46. The highest BCUT2D eigenvalue weighted by molar-refractivity contribution is 7.80. The fraction of sp³-hybridized carbons (Fsp3) is 0.500. The number of methoxy groups -OCH3 is 1. The van der Waals surface area contributed by atoms with Crippen LogP contribution < -0.4 is 10.7 Å². The minimum absolute atomic E-state index is 0.503. The van der Waals surface area contributed by atoms with Gasteiger partial charge in [-0.25, -0.2) is 0 Å². The number of thiocarbonyl (C=S) groups is 1. The lowest BCUT2D eigenvalue weighted by Gasteiger charge is -2.08. The minimum Gasteiger partial charge on any atom is -0.383 e. The average Bonchev–Trinajstić information content (AvgIpc) is 2.45. The highest BCUT2D eigenvalue weighted by atomic mass is 32.1. The largest absolute Gasteiger partial charge is 0.383 e. The molecule has 0 atom stereocenters. The number of hydrogen-bond acceptors (Lipinski definition) is 3. The molecule has 21 heavy (non-hydrogen) atoms. The van der Waals surface area contributed by atoms with E-state index in [1.165, 1.54) is 5.56 Å². The Labute approximate surface area is 133 Å². The van der Waals surface area contributed by atoms with Crippen molar-refractivity contribution in [2.45, 2.75) is 27.2 Å². The Morgan fingerprint density at radius 2 is 1.95 bits per heavy atom. The van der Waals surface area contributed by atoms with Crippen LogP contribution in [0.1, 0.15) is 31.9 Å². The molecule has 1 rings (SSSR count). The van der Waals surface area contributed by atoms with E-state index in [9.17, 15) is 0 Å². The fourth-order valence-corrected chi connectivity index (χ4v) is 2.01. The molecule has 1 aromatic carbocycles. The summed E-state index contributed by atoms with van der Waals surface area (Å²) in [6.45, 7) is 7.69. The number of hydrazone groups is 1. The molecule has 0 aromatic heterocycles. The van der Waals surface area contributed by atoms with E-state index in [0.29, 0.717) is 24.2 Å². The summed E-state index contributed by atoms with van der Waals surface area (Å²) in [4.78, 5) is 0. The standard InChI is InChI=1S/C16H25N3OS/c1-12(2)11-14-5-7-15(8-6-14)13(3)18-19-16(21)17-9-10-20-4/h5-8,12H,9-11H2,1-4H3,(H2,17,19,21)/b18-13-. The first kappa shape index (κ1) is 17.6. The van der Waals surface area contributed by atoms with E-state index >= 15 is 0 Å². The predicted octanol–water partition coefficient (Wildman–Crippen LogP) is 2.72. The minimum atomic E-state index is 0.503. The van der Waals surface area contributed by atoms with Crippen molar-refractivity contribution in [3.63, 3.8) is 0 Å². The van der Waals surface area contributed by atoms with E-state index in [0.717, 1.165) is 17.7 Å². The van der Waals surface area contributed by atoms with Gasteiger partial charge in [0.15, 0.2) is 5.11 Å². The number of nitrogens with one attached hydrogen (secondary N) is 2. The lowest BCUT2D eigenvalue weighted by atomic mass is 10.0. The predicted molar refractivity (Wildman–Crippen MR) is 92.8 cm³/mol. The van der Waals surface area contributed by atoms with Crippen LogP contribution in [0.2, 0.25) is 0 Å². The first-order chi connectivity index (χ1) is 10.0. The molecule has 0 saturated carbocycles. The number of nitrogens with zero attached hydrogens (tertiary/aromatic N) is 1. The Bertz CT molecular complexity index is 469. The van der Waals surface area contributed by atoms with Crippen molar-refractivity contribution in [1.82, 2.24) is 10.7 Å². The zero-order valence-corrected chi connectivity index (χ0v) is 14.1. The topological polar surface area (TPSA) is 45.6 Å². The monoisotopic (exact) mass is 307 g/mol. The molecule has 4 nitrogen and oxygen atoms in total. The van der Waals surface area contributed by atoms with Gasteiger partial charge in [-0.3, -0.25) is 5.43 Å². The van der Waals surface area contributed by atoms with E-state index in [-0.39, 0.29) is 0 Å². The summed E-state index contributed by atoms with van der Waals surface area (Å²) in [7, 11) is 1.66. The summed E-state index contributed by atoms with van der Waals surface area (Å²) in [6.07, 6.45) is 1.10. The zero-order chi connectivity index (χ0) is 15.7. The van der Waals surface area contributed by atoms with Crippen molar-refractivity contribution in [3.8, 4) is 0 Å². The van der Waals surface area contributed by atoms with Crippen molar-refractivity contribution >= 4 is 23.0 Å². The number of benzene rings is 1. The number of ether oxygens (including phenoxy) is 1. The van der Waals surface area contributed by atoms with Gasteiger partial charge < -0.3 is 10.1 Å². The second-order valence-corrected chi connectivity index (χ2v) is 5.76. The molecule has 0 fully saturated rings. The summed E-state index contributed by atoms with van der Waals surface area (Å²) < 4.78 is 4.94. The number of hydrogen-bond donors (Lipinski definition) is 2. The van der Waals surface area contributed by atoms with Crippen molar-refractivity contribution in [2.24, 2.45) is 11.0 Å². The third kappa shape index (κ3) is 7.20. The molecule has 0 amide bonds. The average molecular weight is 307 g/mol. The quantitative estimate of drug-likeness (QED) is 0.352. The van der Waals surface area contributed by atoms with Crippen LogP contribution >= 0.6 is 12.2 Å². The Kier molecular flexibility index (Phi) is 7.93. The molecule has 0 bridgehead atoms. The van der Waals surface area contributed by atoms with Gasteiger partial charge in [-0.05, 0) is 42.6 Å². The Morgan fingerprint density at radius 3 is 2.52 bits per heavy atom. The highest BCUT2D eigenvalue weighted by Crippen LogP contribution is 2.10. The van der Waals surface area contributed by atoms with Crippen LogP contribution in [0.3, 0.4) is 0 Å². The van der Waals surface area contributed by atoms with Gasteiger partial charge in [-0.1, -0.05) is 38.1 Å². The van der Waals surface area contributed by atoms with E-state index in [1.807, 2.05) is 6.92 Å². The van der Waals surface area contributed by atoms with Gasteiger partial charge in [0.25, 0.3) is 0 Å². The summed E-state index contributed by atoms with van der Waals surface area (Å²) in [6, 6.07) is 8.51.